The summed E-state index contributed by atoms with van der Waals surface area (Å²) in [4.78, 5) is 4.29. The Morgan fingerprint density at radius 1 is 1.21 bits per heavy atom. The molecule has 0 bridgehead atoms. The molecule has 1 heterocycles. The Kier molecular flexibility index (Phi) is 7.23. The summed E-state index contributed by atoms with van der Waals surface area (Å²) in [5.41, 5.74) is -0.0425. The fourth-order valence-corrected chi connectivity index (χ4v) is 2.23. The number of likely N-dealkylation sites (N-methyl/N-ethyl adjacent to an activating group) is 1. The minimum atomic E-state index is -4.34. The molecule has 0 aliphatic rings. The van der Waals surface area contributed by atoms with Gasteiger partial charge in [-0.25, -0.2) is 0 Å². The van der Waals surface area contributed by atoms with E-state index in [1.54, 1.807) is 6.07 Å². The molecular formula is C16H21ClF3N3O. The highest BCUT2D eigenvalue weighted by atomic mass is 35.5. The van der Waals surface area contributed by atoms with Gasteiger partial charge in [-0.2, -0.15) is 18.2 Å². The molecule has 4 nitrogen and oxygen atoms in total. The predicted molar refractivity (Wildman–Crippen MR) is 87.3 cm³/mol. The van der Waals surface area contributed by atoms with E-state index < -0.39 is 11.7 Å². The molecule has 2 unspecified atom stereocenters. The maximum atomic E-state index is 12.8. The van der Waals surface area contributed by atoms with E-state index in [0.717, 1.165) is 6.07 Å². The molecule has 8 heteroatoms. The molecule has 0 spiro atoms. The van der Waals surface area contributed by atoms with Crippen LogP contribution in [0.25, 0.3) is 0 Å². The average Bonchev–Trinajstić information content (AvgIpc) is 2.93. The normalized spacial score (nSPS) is 14.1. The van der Waals surface area contributed by atoms with Crippen molar-refractivity contribution >= 4 is 12.4 Å². The fraction of sp³-hybridized carbons (Fsp3) is 0.500. The number of hydrogen-bond donors (Lipinski definition) is 1. The minimum Gasteiger partial charge on any atom is -0.339 e. The zero-order chi connectivity index (χ0) is 17.0. The van der Waals surface area contributed by atoms with Gasteiger partial charge in [-0.15, -0.1) is 12.4 Å². The van der Waals surface area contributed by atoms with E-state index in [-0.39, 0.29) is 24.4 Å². The zero-order valence-electron chi connectivity index (χ0n) is 13.7. The molecule has 0 radical (unpaired) electrons. The summed E-state index contributed by atoms with van der Waals surface area (Å²) in [5.74, 6) is 0.888. The molecule has 0 aliphatic heterocycles. The van der Waals surface area contributed by atoms with Gasteiger partial charge in [0, 0.05) is 18.9 Å². The molecule has 1 N–H and O–H groups in total. The third-order valence-electron chi connectivity index (χ3n) is 3.76. The van der Waals surface area contributed by atoms with E-state index in [4.69, 9.17) is 4.52 Å². The van der Waals surface area contributed by atoms with Crippen molar-refractivity contribution in [1.29, 1.82) is 0 Å². The van der Waals surface area contributed by atoms with Crippen LogP contribution in [-0.2, 0) is 19.0 Å². The molecule has 0 saturated carbocycles. The molecule has 2 aromatic rings. The number of hydrogen-bond acceptors (Lipinski definition) is 4. The Balaban J connectivity index is 0.00000288. The van der Waals surface area contributed by atoms with Gasteiger partial charge in [-0.3, -0.25) is 0 Å². The van der Waals surface area contributed by atoms with Gasteiger partial charge in [0.25, 0.3) is 0 Å². The summed E-state index contributed by atoms with van der Waals surface area (Å²) < 4.78 is 43.5. The first kappa shape index (κ1) is 20.4. The molecule has 1 aromatic carbocycles. The predicted octanol–water partition coefficient (Wildman–Crippen LogP) is 4.01. The van der Waals surface area contributed by atoms with Crippen molar-refractivity contribution in [3.63, 3.8) is 0 Å². The number of rotatable bonds is 6. The molecule has 0 amide bonds. The summed E-state index contributed by atoms with van der Waals surface area (Å²) >= 11 is 0. The third kappa shape index (κ3) is 5.49. The van der Waals surface area contributed by atoms with Crippen LogP contribution in [0.15, 0.2) is 28.8 Å². The lowest BCUT2D eigenvalue weighted by molar-refractivity contribution is -0.137. The van der Waals surface area contributed by atoms with Crippen molar-refractivity contribution in [2.45, 2.75) is 44.8 Å². The lowest BCUT2D eigenvalue weighted by atomic mass is 9.96. The Hall–Kier alpha value is -1.60. The number of halogens is 4. The Morgan fingerprint density at radius 3 is 2.54 bits per heavy atom. The van der Waals surface area contributed by atoms with Crippen LogP contribution in [0, 0.1) is 0 Å². The van der Waals surface area contributed by atoms with Gasteiger partial charge in [-0.1, -0.05) is 30.3 Å². The second-order valence-electron chi connectivity index (χ2n) is 5.73. The number of aromatic nitrogens is 2. The molecule has 2 atom stereocenters. The summed E-state index contributed by atoms with van der Waals surface area (Å²) in [6.45, 7) is 3.84. The second-order valence-corrected chi connectivity index (χ2v) is 5.73. The van der Waals surface area contributed by atoms with Crippen molar-refractivity contribution in [2.75, 3.05) is 7.05 Å². The molecule has 0 aliphatic carbocycles. The highest BCUT2D eigenvalue weighted by Gasteiger charge is 2.30. The molecule has 2 rings (SSSR count). The number of nitrogens with zero attached hydrogens (tertiary/aromatic N) is 2. The van der Waals surface area contributed by atoms with Crippen LogP contribution in [0.5, 0.6) is 0 Å². The first-order valence-electron chi connectivity index (χ1n) is 7.45. The van der Waals surface area contributed by atoms with Crippen molar-refractivity contribution in [3.05, 3.63) is 47.1 Å². The SMILES string of the molecule is CNC(C)Cc1noc(CC(C)c2cccc(C(F)(F)F)c2)n1.Cl. The second kappa shape index (κ2) is 8.48. The third-order valence-corrected chi connectivity index (χ3v) is 3.76. The highest BCUT2D eigenvalue weighted by molar-refractivity contribution is 5.85. The maximum absolute atomic E-state index is 12.8. The summed E-state index contributed by atoms with van der Waals surface area (Å²) in [5, 5.41) is 6.98. The Bertz CT molecular complexity index is 645. The first-order chi connectivity index (χ1) is 10.8. The van der Waals surface area contributed by atoms with Crippen molar-refractivity contribution in [2.24, 2.45) is 0 Å². The van der Waals surface area contributed by atoms with Crippen LogP contribution >= 0.6 is 12.4 Å². The fourth-order valence-electron chi connectivity index (χ4n) is 2.23. The molecule has 134 valence electrons. The first-order valence-corrected chi connectivity index (χ1v) is 7.45. The molecular weight excluding hydrogens is 343 g/mol. The van der Waals surface area contributed by atoms with Crippen molar-refractivity contribution < 1.29 is 17.7 Å². The summed E-state index contributed by atoms with van der Waals surface area (Å²) in [6.07, 6.45) is -3.29. The number of alkyl halides is 3. The van der Waals surface area contributed by atoms with E-state index in [9.17, 15) is 13.2 Å². The number of nitrogens with one attached hydrogen (secondary N) is 1. The van der Waals surface area contributed by atoms with Gasteiger partial charge < -0.3 is 9.84 Å². The average molecular weight is 364 g/mol. The van der Waals surface area contributed by atoms with E-state index in [2.05, 4.69) is 15.5 Å². The van der Waals surface area contributed by atoms with E-state index >= 15 is 0 Å². The Morgan fingerprint density at radius 2 is 1.92 bits per heavy atom. The lowest BCUT2D eigenvalue weighted by Gasteiger charge is -2.12. The smallest absolute Gasteiger partial charge is 0.339 e. The van der Waals surface area contributed by atoms with Gasteiger partial charge in [0.2, 0.25) is 5.89 Å². The van der Waals surface area contributed by atoms with Crippen LogP contribution in [0.2, 0.25) is 0 Å². The van der Waals surface area contributed by atoms with Crippen LogP contribution in [0.4, 0.5) is 13.2 Å². The minimum absolute atomic E-state index is 0. The van der Waals surface area contributed by atoms with Crippen LogP contribution in [0.1, 0.15) is 42.6 Å². The zero-order valence-corrected chi connectivity index (χ0v) is 14.5. The van der Waals surface area contributed by atoms with E-state index in [1.807, 2.05) is 20.9 Å². The van der Waals surface area contributed by atoms with E-state index in [0.29, 0.717) is 30.1 Å². The highest BCUT2D eigenvalue weighted by Crippen LogP contribution is 2.31. The van der Waals surface area contributed by atoms with Gasteiger partial charge in [0.15, 0.2) is 5.82 Å². The summed E-state index contributed by atoms with van der Waals surface area (Å²) in [6, 6.07) is 5.56. The van der Waals surface area contributed by atoms with Gasteiger partial charge in [0.05, 0.1) is 5.56 Å². The van der Waals surface area contributed by atoms with Crippen LogP contribution in [-0.4, -0.2) is 23.2 Å². The summed E-state index contributed by atoms with van der Waals surface area (Å²) in [7, 11) is 1.85. The Labute approximate surface area is 145 Å². The van der Waals surface area contributed by atoms with E-state index in [1.165, 1.54) is 12.1 Å². The molecule has 24 heavy (non-hydrogen) atoms. The van der Waals surface area contributed by atoms with Gasteiger partial charge >= 0.3 is 6.18 Å². The topological polar surface area (TPSA) is 51.0 Å². The molecule has 0 fully saturated rings. The van der Waals surface area contributed by atoms with Crippen LogP contribution < -0.4 is 5.32 Å². The van der Waals surface area contributed by atoms with Gasteiger partial charge in [0.1, 0.15) is 0 Å². The quantitative estimate of drug-likeness (QED) is 0.842. The molecule has 1 aromatic heterocycles. The monoisotopic (exact) mass is 363 g/mol. The standard InChI is InChI=1S/C16H20F3N3O.ClH/c1-10(12-5-4-6-13(9-12)16(17,18)19)7-15-21-14(22-23-15)8-11(2)20-3;/h4-6,9-11,20H,7-8H2,1-3H3;1H. The maximum Gasteiger partial charge on any atom is 0.416 e. The van der Waals surface area contributed by atoms with Crippen molar-refractivity contribution in [1.82, 2.24) is 15.5 Å². The largest absolute Gasteiger partial charge is 0.416 e. The molecule has 0 saturated heterocycles. The van der Waals surface area contributed by atoms with Crippen molar-refractivity contribution in [3.8, 4) is 0 Å². The lowest BCUT2D eigenvalue weighted by Crippen LogP contribution is -2.24. The number of benzene rings is 1. The van der Waals surface area contributed by atoms with Gasteiger partial charge in [-0.05, 0) is 31.5 Å². The van der Waals surface area contributed by atoms with Crippen LogP contribution in [0.3, 0.4) is 0 Å².